The average molecular weight is 220 g/mol. The van der Waals surface area contributed by atoms with E-state index in [1.165, 1.54) is 0 Å². The third kappa shape index (κ3) is 2.27. The van der Waals surface area contributed by atoms with Gasteiger partial charge in [-0.2, -0.15) is 0 Å². The number of methoxy groups -OCH3 is 1. The summed E-state index contributed by atoms with van der Waals surface area (Å²) in [6.45, 7) is 0. The Balaban J connectivity index is 3.24. The molecule has 3 nitrogen and oxygen atoms in total. The van der Waals surface area contributed by atoms with Crippen LogP contribution in [0.15, 0.2) is 12.1 Å². The van der Waals surface area contributed by atoms with Crippen LogP contribution in [-0.4, -0.2) is 18.2 Å². The number of hydrogen-bond donors (Lipinski definition) is 1. The number of rotatable bonds is 3. The fourth-order valence-corrected chi connectivity index (χ4v) is 1.10. The maximum Gasteiger partial charge on any atom is 0.337 e. The van der Waals surface area contributed by atoms with Crippen molar-refractivity contribution in [3.8, 4) is 0 Å². The minimum atomic E-state index is -1.65. The lowest BCUT2D eigenvalue weighted by atomic mass is 10.1. The molecule has 0 saturated heterocycles. The van der Waals surface area contributed by atoms with Gasteiger partial charge in [-0.05, 0) is 6.07 Å². The second kappa shape index (κ2) is 4.31. The topological polar surface area (TPSA) is 46.5 Å². The number of hydrogen-bond acceptors (Lipinski definition) is 2. The minimum absolute atomic E-state index is 0.277. The van der Waals surface area contributed by atoms with Crippen molar-refractivity contribution in [2.45, 2.75) is 6.10 Å². The molecule has 1 aromatic rings. The molecule has 6 heteroatoms. The van der Waals surface area contributed by atoms with E-state index >= 15 is 0 Å². The number of aliphatic carboxylic acids is 1. The van der Waals surface area contributed by atoms with Crippen molar-refractivity contribution in [2.24, 2.45) is 0 Å². The minimum Gasteiger partial charge on any atom is -0.479 e. The van der Waals surface area contributed by atoms with Gasteiger partial charge in [-0.1, -0.05) is 0 Å². The summed E-state index contributed by atoms with van der Waals surface area (Å²) in [5.74, 6) is -5.35. The van der Waals surface area contributed by atoms with Crippen molar-refractivity contribution >= 4 is 5.97 Å². The standard InChI is InChI=1S/C9H7F3O3/c1-15-8(9(13)14)4-2-6(11)7(12)3-5(4)10/h2-3,8H,1H3,(H,13,14). The Morgan fingerprint density at radius 3 is 2.27 bits per heavy atom. The van der Waals surface area contributed by atoms with Crippen LogP contribution in [0, 0.1) is 17.5 Å². The number of benzene rings is 1. The van der Waals surface area contributed by atoms with Crippen LogP contribution in [0.2, 0.25) is 0 Å². The predicted molar refractivity (Wildman–Crippen MR) is 43.7 cm³/mol. The van der Waals surface area contributed by atoms with Crippen LogP contribution in [0.4, 0.5) is 13.2 Å². The molecule has 15 heavy (non-hydrogen) atoms. The molecule has 0 aliphatic carbocycles. The first kappa shape index (κ1) is 11.5. The van der Waals surface area contributed by atoms with E-state index < -0.39 is 35.1 Å². The molecular weight excluding hydrogens is 213 g/mol. The van der Waals surface area contributed by atoms with Crippen LogP contribution >= 0.6 is 0 Å². The highest BCUT2D eigenvalue weighted by molar-refractivity contribution is 5.74. The summed E-state index contributed by atoms with van der Waals surface area (Å²) in [5.41, 5.74) is -0.552. The molecule has 0 aliphatic heterocycles. The SMILES string of the molecule is COC(C(=O)O)c1cc(F)c(F)cc1F. The predicted octanol–water partition coefficient (Wildman–Crippen LogP) is 1.88. The molecule has 82 valence electrons. The smallest absolute Gasteiger partial charge is 0.337 e. The second-order valence-electron chi connectivity index (χ2n) is 2.74. The Hall–Kier alpha value is -1.56. The molecule has 0 amide bonds. The summed E-state index contributed by atoms with van der Waals surface area (Å²) < 4.78 is 42.8. The van der Waals surface area contributed by atoms with Gasteiger partial charge in [0.25, 0.3) is 0 Å². The monoisotopic (exact) mass is 220 g/mol. The van der Waals surface area contributed by atoms with E-state index in [1.54, 1.807) is 0 Å². The molecule has 0 heterocycles. The van der Waals surface area contributed by atoms with Crippen LogP contribution in [0.25, 0.3) is 0 Å². The first-order chi connectivity index (χ1) is 6.97. The zero-order valence-corrected chi connectivity index (χ0v) is 7.63. The van der Waals surface area contributed by atoms with Gasteiger partial charge in [-0.3, -0.25) is 0 Å². The van der Waals surface area contributed by atoms with Crippen LogP contribution in [-0.2, 0) is 9.53 Å². The van der Waals surface area contributed by atoms with Gasteiger partial charge in [-0.15, -0.1) is 0 Å². The third-order valence-electron chi connectivity index (χ3n) is 1.78. The first-order valence-electron chi connectivity index (χ1n) is 3.87. The third-order valence-corrected chi connectivity index (χ3v) is 1.78. The van der Waals surface area contributed by atoms with Crippen molar-refractivity contribution in [1.29, 1.82) is 0 Å². The molecule has 0 aromatic heterocycles. The Morgan fingerprint density at radius 2 is 1.80 bits per heavy atom. The Kier molecular flexibility index (Phi) is 3.31. The summed E-state index contributed by atoms with van der Waals surface area (Å²) in [4.78, 5) is 10.6. The van der Waals surface area contributed by atoms with E-state index in [9.17, 15) is 18.0 Å². The lowest BCUT2D eigenvalue weighted by molar-refractivity contribution is -0.149. The van der Waals surface area contributed by atoms with Gasteiger partial charge in [0, 0.05) is 18.7 Å². The highest BCUT2D eigenvalue weighted by Gasteiger charge is 2.24. The molecule has 0 fully saturated rings. The molecule has 0 saturated carbocycles. The van der Waals surface area contributed by atoms with E-state index in [0.717, 1.165) is 7.11 Å². The zero-order chi connectivity index (χ0) is 11.6. The van der Waals surface area contributed by atoms with Crippen molar-refractivity contribution in [1.82, 2.24) is 0 Å². The van der Waals surface area contributed by atoms with E-state index in [0.29, 0.717) is 6.07 Å². The van der Waals surface area contributed by atoms with Crippen molar-refractivity contribution in [2.75, 3.05) is 7.11 Å². The van der Waals surface area contributed by atoms with Crippen LogP contribution in [0.5, 0.6) is 0 Å². The highest BCUT2D eigenvalue weighted by Crippen LogP contribution is 2.22. The van der Waals surface area contributed by atoms with Crippen molar-refractivity contribution < 1.29 is 27.8 Å². The number of carbonyl (C=O) groups is 1. The van der Waals surface area contributed by atoms with Crippen LogP contribution in [0.1, 0.15) is 11.7 Å². The summed E-state index contributed by atoms with van der Waals surface area (Å²) in [6.07, 6.45) is -1.65. The number of carboxylic acid groups (broad SMARTS) is 1. The van der Waals surface area contributed by atoms with Crippen LogP contribution in [0.3, 0.4) is 0 Å². The van der Waals surface area contributed by atoms with Crippen LogP contribution < -0.4 is 0 Å². The van der Waals surface area contributed by atoms with Crippen molar-refractivity contribution in [3.05, 3.63) is 35.1 Å². The van der Waals surface area contributed by atoms with Gasteiger partial charge in [0.05, 0.1) is 0 Å². The van der Waals surface area contributed by atoms with Gasteiger partial charge in [-0.25, -0.2) is 18.0 Å². The molecule has 1 N–H and O–H groups in total. The van der Waals surface area contributed by atoms with Gasteiger partial charge in [0.15, 0.2) is 17.7 Å². The maximum absolute atomic E-state index is 13.1. The molecule has 0 bridgehead atoms. The molecule has 1 rings (SSSR count). The molecule has 0 aliphatic rings. The van der Waals surface area contributed by atoms with Crippen molar-refractivity contribution in [3.63, 3.8) is 0 Å². The summed E-state index contributed by atoms with van der Waals surface area (Å²) in [6, 6.07) is 0.743. The van der Waals surface area contributed by atoms with Gasteiger partial charge < -0.3 is 9.84 Å². The average Bonchev–Trinajstić information content (AvgIpc) is 2.14. The van der Waals surface area contributed by atoms with Gasteiger partial charge in [0.1, 0.15) is 5.82 Å². The lowest BCUT2D eigenvalue weighted by Crippen LogP contribution is -2.15. The Bertz CT molecular complexity index is 392. The van der Waals surface area contributed by atoms with E-state index in [4.69, 9.17) is 5.11 Å². The maximum atomic E-state index is 13.1. The summed E-state index contributed by atoms with van der Waals surface area (Å²) in [5, 5.41) is 8.60. The fourth-order valence-electron chi connectivity index (χ4n) is 1.10. The largest absolute Gasteiger partial charge is 0.479 e. The normalized spacial score (nSPS) is 12.5. The first-order valence-corrected chi connectivity index (χ1v) is 3.87. The molecule has 1 atom stereocenters. The molecule has 0 spiro atoms. The fraction of sp³-hybridized carbons (Fsp3) is 0.222. The molecule has 1 unspecified atom stereocenters. The molecular formula is C9H7F3O3. The summed E-state index contributed by atoms with van der Waals surface area (Å²) in [7, 11) is 1.03. The Morgan fingerprint density at radius 1 is 1.27 bits per heavy atom. The van der Waals surface area contributed by atoms with E-state index in [-0.39, 0.29) is 6.07 Å². The number of halogens is 3. The van der Waals surface area contributed by atoms with Gasteiger partial charge >= 0.3 is 5.97 Å². The highest BCUT2D eigenvalue weighted by atomic mass is 19.2. The molecule has 1 aromatic carbocycles. The molecule has 0 radical (unpaired) electrons. The number of ether oxygens (including phenoxy) is 1. The van der Waals surface area contributed by atoms with E-state index in [2.05, 4.69) is 4.74 Å². The Labute approximate surface area is 83.1 Å². The number of carboxylic acids is 1. The van der Waals surface area contributed by atoms with E-state index in [1.807, 2.05) is 0 Å². The quantitative estimate of drug-likeness (QED) is 0.791. The summed E-state index contributed by atoms with van der Waals surface area (Å²) >= 11 is 0. The lowest BCUT2D eigenvalue weighted by Gasteiger charge is -2.11. The second-order valence-corrected chi connectivity index (χ2v) is 2.74. The zero-order valence-electron chi connectivity index (χ0n) is 7.63. The van der Waals surface area contributed by atoms with Gasteiger partial charge in [0.2, 0.25) is 0 Å².